The smallest absolute Gasteiger partial charge is 0.306 e. The number of rotatable bonds is 24. The molecule has 8 rings (SSSR count). The molecule has 0 unspecified atom stereocenters. The summed E-state index contributed by atoms with van der Waals surface area (Å²) >= 11 is 28.4. The van der Waals surface area contributed by atoms with Crippen molar-refractivity contribution in [1.29, 1.82) is 0 Å². The lowest BCUT2D eigenvalue weighted by atomic mass is 10.1. The first-order chi connectivity index (χ1) is 41.2. The molecule has 14 nitrogen and oxygen atoms in total. The third kappa shape index (κ3) is 44.2. The maximum Gasteiger partial charge on any atom is 0.306 e. The Morgan fingerprint density at radius 2 is 0.978 bits per heavy atom. The molecule has 0 amide bonds. The van der Waals surface area contributed by atoms with Crippen molar-refractivity contribution in [3.05, 3.63) is 160 Å². The van der Waals surface area contributed by atoms with Gasteiger partial charge in [-0.2, -0.15) is 0 Å². The third-order valence-corrected chi connectivity index (χ3v) is 15.8. The Bertz CT molecular complexity index is 3010. The van der Waals surface area contributed by atoms with Crippen LogP contribution < -0.4 is 0 Å². The summed E-state index contributed by atoms with van der Waals surface area (Å²) in [6.45, 7) is 6.98. The topological polar surface area (TPSA) is 158 Å². The summed E-state index contributed by atoms with van der Waals surface area (Å²) in [5.41, 5.74) is 10.1. The highest BCUT2D eigenvalue weighted by Gasteiger charge is 2.13. The van der Waals surface area contributed by atoms with Gasteiger partial charge in [-0.15, -0.1) is 45.9 Å². The minimum atomic E-state index is -0.139. The summed E-state index contributed by atoms with van der Waals surface area (Å²) in [5.74, 6) is -0.139. The average Bonchev–Trinajstić information content (AvgIpc) is 1.99. The van der Waals surface area contributed by atoms with Crippen molar-refractivity contribution in [2.75, 3.05) is 121 Å². The Labute approximate surface area is 599 Å². The number of aromatic amines is 6. The van der Waals surface area contributed by atoms with Gasteiger partial charge in [-0.05, 0) is 222 Å². The summed E-state index contributed by atoms with van der Waals surface area (Å²) < 4.78 is 11.8. The second kappa shape index (κ2) is 49.5. The number of H-pyrrole nitrogens is 6. The van der Waals surface area contributed by atoms with Gasteiger partial charge in [-0.25, -0.2) is 0 Å². The van der Waals surface area contributed by atoms with Gasteiger partial charge >= 0.3 is 5.97 Å². The molecule has 0 aliphatic rings. The summed E-state index contributed by atoms with van der Waals surface area (Å²) in [6.07, 6.45) is 21.9. The van der Waals surface area contributed by atoms with Crippen LogP contribution in [0.1, 0.15) is 103 Å². The summed E-state index contributed by atoms with van der Waals surface area (Å²) in [6, 6.07) is 20.7. The maximum absolute atomic E-state index is 11.1. The molecular formula is C66H104Br4Cl2IN10O4S2+3. The standard InChI is InChI=1S/C15H20N2OS.C14H21N2S.C10H18BrN2.C9H15BrN2.C9H12BrNO2.C5H4BrNO.CH2Cl2.CH3I.2CH4/c1-17(2,3)8-4-6-12-10-13(16-14(12)11-18)15-7-5-9-19-15;1-16(2,3)8-4-6-12-10-13(15-11-12)14-7-5-9-17-14;1-13(2,3)6-4-5-9-7-10(11)12-8-9;1-12(2)5-3-4-8-6-9(10)11-7-8;1-2-13-9(12)4-3-7-5-8(10)11-6-7;6-5-1-4(3-8)2-7-5;2-1-3;1-2;;/h5,7,9-11H,4,6,8H2,1-3H3;5,7,9-11,15H,4,6,8H2,1-3H3;7-8,12H,4-6H2,1-3H3;6-7,11H,3-5H2,1-2H3;5-6,11H,2-4H2,1H3;1-3,7H;1H2;1H3;2*1H4/q;2*+1;;;;;;;/p+1. The van der Waals surface area contributed by atoms with E-state index in [-0.39, 0.29) is 26.2 Å². The molecule has 0 saturated carbocycles. The lowest BCUT2D eigenvalue weighted by Crippen LogP contribution is -2.35. The number of nitrogens with zero attached hydrogens (tertiary/aromatic N) is 4. The molecule has 0 fully saturated rings. The minimum absolute atomic E-state index is 0. The number of halogens is 7. The molecule has 8 heterocycles. The maximum atomic E-state index is 11.1. The van der Waals surface area contributed by atoms with Gasteiger partial charge in [0.05, 0.1) is 140 Å². The zero-order chi connectivity index (χ0) is 65.4. The van der Waals surface area contributed by atoms with Crippen molar-refractivity contribution in [3.8, 4) is 21.1 Å². The molecule has 0 aliphatic heterocycles. The van der Waals surface area contributed by atoms with Crippen molar-refractivity contribution >= 4 is 151 Å². The van der Waals surface area contributed by atoms with Gasteiger partial charge in [-0.3, -0.25) is 14.4 Å². The van der Waals surface area contributed by atoms with Gasteiger partial charge < -0.3 is 53.0 Å². The molecular weight excluding hydrogens is 1580 g/mol. The van der Waals surface area contributed by atoms with Crippen molar-refractivity contribution < 1.29 is 32.6 Å². The van der Waals surface area contributed by atoms with Crippen LogP contribution in [0.3, 0.4) is 0 Å². The van der Waals surface area contributed by atoms with Crippen LogP contribution in [-0.2, 0) is 41.6 Å². The number of hydrogen-bond acceptors (Lipinski definition) is 7. The van der Waals surface area contributed by atoms with Gasteiger partial charge in [-0.1, -0.05) is 49.6 Å². The third-order valence-electron chi connectivity index (χ3n) is 12.2. The predicted octanol–water partition coefficient (Wildman–Crippen LogP) is 18.9. The quantitative estimate of drug-likeness (QED) is 0.0117. The van der Waals surface area contributed by atoms with Crippen LogP contribution >= 0.6 is 132 Å². The van der Waals surface area contributed by atoms with Crippen molar-refractivity contribution in [2.24, 2.45) is 0 Å². The number of aromatic nitrogens is 6. The van der Waals surface area contributed by atoms with E-state index >= 15 is 0 Å². The molecule has 23 heteroatoms. The zero-order valence-corrected chi connectivity index (χ0v) is 64.8. The fraction of sp³-hybridized carbons (Fsp3) is 0.470. The van der Waals surface area contributed by atoms with E-state index in [4.69, 9.17) is 27.9 Å². The predicted molar refractivity (Wildman–Crippen MR) is 408 cm³/mol. The number of nitrogens with one attached hydrogen (secondary N) is 6. The normalized spacial score (nSPS) is 10.6. The lowest BCUT2D eigenvalue weighted by molar-refractivity contribution is -0.870. The number of thiophene rings is 2. The highest BCUT2D eigenvalue weighted by atomic mass is 127. The monoisotopic (exact) mass is 1680 g/mol. The SMILES string of the molecule is C.C.CCOC(=O)CCc1c[nH]c(Br)c1.CI.CN(C)CCCc1c[nH]c(Br)c1.C[N+](C)(C)CCCc1c[nH]c(-c2cccs2)c1.C[N+](C)(C)CCCc1c[nH]c(Br)c1.C[N+](C)(C)CCCc1cc(-c2cccs2)[nH]c1C=O.ClCCl.O=Cc1c[nH]c(Br)c1. The van der Waals surface area contributed by atoms with Crippen LogP contribution in [0, 0.1) is 0 Å². The van der Waals surface area contributed by atoms with E-state index in [1.54, 1.807) is 34.9 Å². The van der Waals surface area contributed by atoms with E-state index in [0.29, 0.717) is 18.6 Å². The molecule has 0 aromatic carbocycles. The van der Waals surface area contributed by atoms with E-state index in [0.717, 1.165) is 119 Å². The van der Waals surface area contributed by atoms with E-state index in [1.165, 1.54) is 64.5 Å². The van der Waals surface area contributed by atoms with Crippen LogP contribution in [0.4, 0.5) is 0 Å². The summed E-state index contributed by atoms with van der Waals surface area (Å²) in [5, 5.41) is 4.36. The number of carbonyl (C=O) groups is 3. The minimum Gasteiger partial charge on any atom is -0.466 e. The van der Waals surface area contributed by atoms with Crippen LogP contribution in [0.25, 0.3) is 21.1 Å². The Morgan fingerprint density at radius 1 is 0.573 bits per heavy atom. The van der Waals surface area contributed by atoms with Crippen LogP contribution in [0.5, 0.6) is 0 Å². The highest BCUT2D eigenvalue weighted by Crippen LogP contribution is 2.27. The fourth-order valence-electron chi connectivity index (χ4n) is 7.99. The molecule has 0 aliphatic carbocycles. The fourth-order valence-corrected chi connectivity index (χ4v) is 11.0. The number of aryl methyl sites for hydroxylation is 5. The average molecular weight is 1680 g/mol. The first kappa shape index (κ1) is 88.0. The molecule has 0 atom stereocenters. The van der Waals surface area contributed by atoms with E-state index in [1.807, 2.05) is 35.6 Å². The molecule has 6 N–H and O–H groups in total. The number of alkyl halides is 3. The molecule has 0 spiro atoms. The molecule has 0 saturated heterocycles. The summed E-state index contributed by atoms with van der Waals surface area (Å²) in [4.78, 5) is 57.4. The number of quaternary nitrogens is 3. The van der Waals surface area contributed by atoms with Crippen LogP contribution in [0.2, 0.25) is 0 Å². The first-order valence-electron chi connectivity index (χ1n) is 28.6. The van der Waals surface area contributed by atoms with Gasteiger partial charge in [0.15, 0.2) is 12.6 Å². The van der Waals surface area contributed by atoms with Crippen molar-refractivity contribution in [1.82, 2.24) is 34.8 Å². The number of carbonyl (C=O) groups excluding carboxylic acids is 3. The molecule has 0 bridgehead atoms. The zero-order valence-electron chi connectivity index (χ0n) is 53.2. The Kier molecular flexibility index (Phi) is 49.0. The largest absolute Gasteiger partial charge is 0.466 e. The lowest BCUT2D eigenvalue weighted by Gasteiger charge is -2.23. The molecule has 8 aromatic heterocycles. The highest BCUT2D eigenvalue weighted by molar-refractivity contribution is 14.1. The first-order valence-corrected chi connectivity index (χ1v) is 36.7. The number of ether oxygens (including phenoxy) is 1. The second-order valence-electron chi connectivity index (χ2n) is 23.2. The van der Waals surface area contributed by atoms with E-state index < -0.39 is 0 Å². The molecule has 0 radical (unpaired) electrons. The van der Waals surface area contributed by atoms with Gasteiger partial charge in [0.1, 0.15) is 0 Å². The second-order valence-corrected chi connectivity index (χ2v) is 29.4. The molecule has 8 aromatic rings. The van der Waals surface area contributed by atoms with Crippen LogP contribution in [0.15, 0.2) is 121 Å². The van der Waals surface area contributed by atoms with Crippen molar-refractivity contribution in [3.63, 3.8) is 0 Å². The van der Waals surface area contributed by atoms with Crippen molar-refractivity contribution in [2.45, 2.75) is 86.0 Å². The van der Waals surface area contributed by atoms with Crippen LogP contribution in [-0.4, -0.2) is 187 Å². The number of hydrogen-bond donors (Lipinski definition) is 6. The van der Waals surface area contributed by atoms with Gasteiger partial charge in [0.2, 0.25) is 0 Å². The van der Waals surface area contributed by atoms with E-state index in [2.05, 4.69) is 265 Å². The Morgan fingerprint density at radius 3 is 1.34 bits per heavy atom. The Hall–Kier alpha value is -3.04. The molecule has 89 heavy (non-hydrogen) atoms. The number of esters is 1. The molecule has 500 valence electrons. The van der Waals surface area contributed by atoms with E-state index in [9.17, 15) is 14.4 Å². The number of aldehydes is 2. The van der Waals surface area contributed by atoms with Gasteiger partial charge in [0, 0.05) is 62.2 Å². The summed E-state index contributed by atoms with van der Waals surface area (Å²) in [7, 11) is 24.2. The Balaban J connectivity index is 0. The van der Waals surface area contributed by atoms with Gasteiger partial charge in [0.25, 0.3) is 0 Å².